The van der Waals surface area contributed by atoms with E-state index in [-0.39, 0.29) is 40.2 Å². The van der Waals surface area contributed by atoms with Crippen LogP contribution in [0, 0.1) is 5.92 Å². The largest absolute Gasteiger partial charge is 0.418 e. The molecule has 1 saturated carbocycles. The molecule has 1 unspecified atom stereocenters. The zero-order chi connectivity index (χ0) is 27.7. The van der Waals surface area contributed by atoms with Gasteiger partial charge < -0.3 is 15.1 Å². The number of hydrogen-bond acceptors (Lipinski definition) is 5. The zero-order valence-electron chi connectivity index (χ0n) is 22.0. The van der Waals surface area contributed by atoms with Gasteiger partial charge in [-0.1, -0.05) is 30.3 Å². The van der Waals surface area contributed by atoms with Crippen LogP contribution in [0.2, 0.25) is 0 Å². The predicted molar refractivity (Wildman–Crippen MR) is 141 cm³/mol. The lowest BCUT2D eigenvalue weighted by Gasteiger charge is -2.44. The molecule has 4 atom stereocenters. The molecule has 1 aliphatic heterocycles. The van der Waals surface area contributed by atoms with Crippen LogP contribution in [0.1, 0.15) is 45.1 Å². The maximum Gasteiger partial charge on any atom is 0.418 e. The van der Waals surface area contributed by atoms with Gasteiger partial charge in [-0.15, -0.1) is 0 Å². The van der Waals surface area contributed by atoms with Gasteiger partial charge >= 0.3 is 6.18 Å². The summed E-state index contributed by atoms with van der Waals surface area (Å²) < 4.78 is 67.2. The van der Waals surface area contributed by atoms with Crippen molar-refractivity contribution >= 4 is 21.4 Å². The number of benzene rings is 2. The van der Waals surface area contributed by atoms with Crippen LogP contribution in [0.3, 0.4) is 0 Å². The summed E-state index contributed by atoms with van der Waals surface area (Å²) in [6.07, 6.45) is -2.09. The smallest absolute Gasteiger partial charge is 0.373 e. The molecule has 4 rings (SSSR count). The topological polar surface area (TPSA) is 69.7 Å². The number of para-hydroxylation sites is 1. The third kappa shape index (κ3) is 6.17. The minimum absolute atomic E-state index is 0.0805. The maximum absolute atomic E-state index is 13.5. The van der Waals surface area contributed by atoms with Crippen LogP contribution < -0.4 is 5.32 Å². The Morgan fingerprint density at radius 3 is 2.34 bits per heavy atom. The molecule has 1 amide bonds. The van der Waals surface area contributed by atoms with Crippen molar-refractivity contribution in [2.24, 2.45) is 5.92 Å². The number of rotatable bonds is 8. The number of nitrogens with zero attached hydrogens (tertiary/aromatic N) is 2. The Kier molecular flexibility index (Phi) is 8.42. The minimum Gasteiger partial charge on any atom is -0.373 e. The standard InChI is InChI=1S/C28H36F3N3O3S/c1-19(2)33(3)21-13-14-26(20(17-21)18-38(36,37)22-9-5-4-6-10-22)34-16-15-25(27(34)35)32-24-12-8-7-11-23(24)28(29,30)31/h4-12,19-21,25-26,32H,13-18H2,1-3H3/t20-,21-,25?,26+/m1/s1. The number of alkyl halides is 3. The Labute approximate surface area is 223 Å². The van der Waals surface area contributed by atoms with Gasteiger partial charge in [-0.3, -0.25) is 4.79 Å². The van der Waals surface area contributed by atoms with Gasteiger partial charge in [0.25, 0.3) is 0 Å². The molecule has 1 heterocycles. The summed E-state index contributed by atoms with van der Waals surface area (Å²) in [4.78, 5) is 17.7. The summed E-state index contributed by atoms with van der Waals surface area (Å²) in [6.45, 7) is 4.57. The van der Waals surface area contributed by atoms with E-state index < -0.39 is 27.6 Å². The Morgan fingerprint density at radius 2 is 1.68 bits per heavy atom. The summed E-state index contributed by atoms with van der Waals surface area (Å²) in [5, 5.41) is 2.83. The van der Waals surface area contributed by atoms with E-state index in [4.69, 9.17) is 0 Å². The lowest BCUT2D eigenvalue weighted by molar-refractivity contribution is -0.137. The minimum atomic E-state index is -4.54. The summed E-state index contributed by atoms with van der Waals surface area (Å²) in [5.41, 5.74) is -0.930. The van der Waals surface area contributed by atoms with E-state index in [1.165, 1.54) is 18.2 Å². The van der Waals surface area contributed by atoms with Crippen molar-refractivity contribution in [3.63, 3.8) is 0 Å². The maximum atomic E-state index is 13.5. The van der Waals surface area contributed by atoms with Gasteiger partial charge in [-0.2, -0.15) is 13.2 Å². The van der Waals surface area contributed by atoms with E-state index >= 15 is 0 Å². The van der Waals surface area contributed by atoms with Gasteiger partial charge in [0.15, 0.2) is 9.84 Å². The van der Waals surface area contributed by atoms with Crippen molar-refractivity contribution in [3.8, 4) is 0 Å². The monoisotopic (exact) mass is 551 g/mol. The third-order valence-corrected chi connectivity index (χ3v) is 9.90. The fourth-order valence-corrected chi connectivity index (χ4v) is 7.51. The van der Waals surface area contributed by atoms with Crippen LogP contribution in [0.25, 0.3) is 0 Å². The Balaban J connectivity index is 1.56. The van der Waals surface area contributed by atoms with Gasteiger partial charge in [0, 0.05) is 30.4 Å². The molecule has 2 aliphatic rings. The molecule has 1 aliphatic carbocycles. The van der Waals surface area contributed by atoms with Crippen LogP contribution >= 0.6 is 0 Å². The summed E-state index contributed by atoms with van der Waals surface area (Å²) in [7, 11) is -1.55. The molecule has 0 spiro atoms. The second-order valence-corrected chi connectivity index (χ2v) is 12.7. The fourth-order valence-electron chi connectivity index (χ4n) is 5.82. The average molecular weight is 552 g/mol. The second kappa shape index (κ2) is 11.3. The van der Waals surface area contributed by atoms with E-state index in [0.29, 0.717) is 31.8 Å². The molecule has 2 aromatic carbocycles. The molecular formula is C28H36F3N3O3S. The van der Waals surface area contributed by atoms with Crippen LogP contribution in [0.5, 0.6) is 0 Å². The van der Waals surface area contributed by atoms with Gasteiger partial charge in [-0.25, -0.2) is 8.42 Å². The molecule has 0 aromatic heterocycles. The molecule has 2 fully saturated rings. The van der Waals surface area contributed by atoms with E-state index in [2.05, 4.69) is 24.1 Å². The molecule has 0 bridgehead atoms. The number of halogens is 3. The molecule has 1 N–H and O–H groups in total. The van der Waals surface area contributed by atoms with Crippen molar-refractivity contribution in [2.75, 3.05) is 24.7 Å². The molecule has 2 aromatic rings. The summed E-state index contributed by atoms with van der Waals surface area (Å²) in [5.74, 6) is -0.641. The molecule has 10 heteroatoms. The third-order valence-electron chi connectivity index (χ3n) is 8.04. The Morgan fingerprint density at radius 1 is 1.03 bits per heavy atom. The molecule has 0 radical (unpaired) electrons. The highest BCUT2D eigenvalue weighted by Crippen LogP contribution is 2.38. The second-order valence-electron chi connectivity index (χ2n) is 10.7. The SMILES string of the molecule is CC(C)N(C)[C@@H]1CC[C@H](N2CCC(Nc3ccccc3C(F)(F)F)C2=O)[C@@H](CS(=O)(=O)c2ccccc2)C1. The highest BCUT2D eigenvalue weighted by atomic mass is 32.2. The van der Waals surface area contributed by atoms with Crippen LogP contribution in [-0.4, -0.2) is 67.6 Å². The van der Waals surface area contributed by atoms with E-state index in [0.717, 1.165) is 12.5 Å². The number of likely N-dealkylation sites (tertiary alicyclic amines) is 1. The number of nitrogens with one attached hydrogen (secondary N) is 1. The molecule has 6 nitrogen and oxygen atoms in total. The molecule has 38 heavy (non-hydrogen) atoms. The Hall–Kier alpha value is -2.59. The first-order valence-electron chi connectivity index (χ1n) is 13.1. The highest BCUT2D eigenvalue weighted by Gasteiger charge is 2.44. The van der Waals surface area contributed by atoms with Crippen molar-refractivity contribution in [1.29, 1.82) is 0 Å². The van der Waals surface area contributed by atoms with Crippen LogP contribution in [0.15, 0.2) is 59.5 Å². The summed E-state index contributed by atoms with van der Waals surface area (Å²) >= 11 is 0. The fraction of sp³-hybridized carbons (Fsp3) is 0.536. The van der Waals surface area contributed by atoms with E-state index in [9.17, 15) is 26.4 Å². The quantitative estimate of drug-likeness (QED) is 0.496. The number of sulfone groups is 1. The molecular weight excluding hydrogens is 515 g/mol. The van der Waals surface area contributed by atoms with Crippen molar-refractivity contribution in [2.45, 2.75) is 74.8 Å². The Bertz CT molecular complexity index is 1220. The number of hydrogen-bond donors (Lipinski definition) is 1. The first-order valence-corrected chi connectivity index (χ1v) is 14.8. The lowest BCUT2D eigenvalue weighted by Crippen LogP contribution is -2.52. The number of carbonyl (C=O) groups excluding carboxylic acids is 1. The van der Waals surface area contributed by atoms with Gasteiger partial charge in [0.2, 0.25) is 5.91 Å². The highest BCUT2D eigenvalue weighted by molar-refractivity contribution is 7.91. The lowest BCUT2D eigenvalue weighted by atomic mass is 9.81. The van der Waals surface area contributed by atoms with Gasteiger partial charge in [-0.05, 0) is 76.8 Å². The number of amides is 1. The first-order chi connectivity index (χ1) is 17.9. The normalized spacial score (nSPS) is 24.8. The van der Waals surface area contributed by atoms with Crippen molar-refractivity contribution in [1.82, 2.24) is 9.80 Å². The molecule has 1 saturated heterocycles. The number of anilines is 1. The van der Waals surface area contributed by atoms with Crippen LogP contribution in [-0.2, 0) is 20.8 Å². The van der Waals surface area contributed by atoms with E-state index in [1.54, 1.807) is 35.2 Å². The van der Waals surface area contributed by atoms with Gasteiger partial charge in [0.1, 0.15) is 6.04 Å². The summed E-state index contributed by atoms with van der Waals surface area (Å²) in [6, 6.07) is 12.9. The van der Waals surface area contributed by atoms with Crippen molar-refractivity contribution in [3.05, 3.63) is 60.2 Å². The molecule has 208 valence electrons. The zero-order valence-corrected chi connectivity index (χ0v) is 22.8. The first kappa shape index (κ1) is 28.4. The predicted octanol–water partition coefficient (Wildman–Crippen LogP) is 5.07. The van der Waals surface area contributed by atoms with Crippen molar-refractivity contribution < 1.29 is 26.4 Å². The van der Waals surface area contributed by atoms with Crippen LogP contribution in [0.4, 0.5) is 18.9 Å². The van der Waals surface area contributed by atoms with E-state index in [1.807, 2.05) is 7.05 Å². The number of carbonyl (C=O) groups is 1. The average Bonchev–Trinajstić information content (AvgIpc) is 3.23. The van der Waals surface area contributed by atoms with Gasteiger partial charge in [0.05, 0.1) is 16.2 Å².